The van der Waals surface area contributed by atoms with E-state index in [2.05, 4.69) is 10.3 Å². The van der Waals surface area contributed by atoms with Crippen molar-refractivity contribution in [2.45, 2.75) is 17.7 Å². The third-order valence-corrected chi connectivity index (χ3v) is 6.98. The van der Waals surface area contributed by atoms with Crippen LogP contribution in [0.1, 0.15) is 23.2 Å². The molecule has 1 fully saturated rings. The first-order valence-corrected chi connectivity index (χ1v) is 10.7. The predicted molar refractivity (Wildman–Crippen MR) is 109 cm³/mol. The highest BCUT2D eigenvalue weighted by molar-refractivity contribution is 7.89. The van der Waals surface area contributed by atoms with Crippen LogP contribution in [-0.4, -0.2) is 36.7 Å². The highest BCUT2D eigenvalue weighted by Crippen LogP contribution is 2.29. The molecule has 1 amide bonds. The zero-order chi connectivity index (χ0) is 19.7. The van der Waals surface area contributed by atoms with Gasteiger partial charge in [-0.15, -0.1) is 0 Å². The van der Waals surface area contributed by atoms with Crippen LogP contribution >= 0.6 is 11.6 Å². The van der Waals surface area contributed by atoms with Crippen LogP contribution in [0, 0.1) is 0 Å². The van der Waals surface area contributed by atoms with E-state index in [0.717, 1.165) is 18.2 Å². The van der Waals surface area contributed by atoms with Crippen molar-refractivity contribution in [3.05, 3.63) is 65.3 Å². The third-order valence-electron chi connectivity index (χ3n) is 4.76. The summed E-state index contributed by atoms with van der Waals surface area (Å²) in [5.74, 6) is -0.384. The van der Waals surface area contributed by atoms with E-state index >= 15 is 0 Å². The van der Waals surface area contributed by atoms with Crippen LogP contribution in [0.4, 0.5) is 5.69 Å². The number of pyridine rings is 1. The fourth-order valence-electron chi connectivity index (χ4n) is 3.24. The fraction of sp³-hybridized carbons (Fsp3) is 0.200. The number of nitrogens with one attached hydrogen (secondary N) is 1. The number of hydrogen-bond acceptors (Lipinski definition) is 4. The highest BCUT2D eigenvalue weighted by atomic mass is 35.5. The number of aromatic nitrogens is 1. The van der Waals surface area contributed by atoms with E-state index in [1.807, 2.05) is 18.2 Å². The summed E-state index contributed by atoms with van der Waals surface area (Å²) in [7, 11) is -3.59. The smallest absolute Gasteiger partial charge is 0.255 e. The molecule has 0 atom stereocenters. The zero-order valence-corrected chi connectivity index (χ0v) is 16.5. The number of benzene rings is 2. The third kappa shape index (κ3) is 3.61. The molecule has 0 bridgehead atoms. The standard InChI is InChI=1S/C20H18ClN3O3S/c21-17-8-7-16(28(26,27)24-10-1-2-11-24)13-19(17)23-20(25)15-6-5-14-4-3-9-22-18(14)12-15/h3-9,12-13H,1-2,10-11H2,(H,23,25). The number of nitrogens with zero attached hydrogens (tertiary/aromatic N) is 2. The molecule has 2 heterocycles. The van der Waals surface area contributed by atoms with Crippen LogP contribution in [0.5, 0.6) is 0 Å². The van der Waals surface area contributed by atoms with E-state index in [-0.39, 0.29) is 21.5 Å². The summed E-state index contributed by atoms with van der Waals surface area (Å²) in [4.78, 5) is 17.0. The van der Waals surface area contributed by atoms with Crippen molar-refractivity contribution in [2.24, 2.45) is 0 Å². The van der Waals surface area contributed by atoms with Crippen molar-refractivity contribution in [3.8, 4) is 0 Å². The summed E-state index contributed by atoms with van der Waals surface area (Å²) in [6, 6.07) is 13.3. The van der Waals surface area contributed by atoms with Gasteiger partial charge in [0.05, 0.1) is 21.1 Å². The van der Waals surface area contributed by atoms with Gasteiger partial charge in [0, 0.05) is 30.2 Å². The molecule has 2 aromatic carbocycles. The molecular weight excluding hydrogens is 398 g/mol. The molecule has 1 aliphatic heterocycles. The maximum absolute atomic E-state index is 12.8. The lowest BCUT2D eigenvalue weighted by Gasteiger charge is -2.17. The van der Waals surface area contributed by atoms with Crippen LogP contribution in [0.3, 0.4) is 0 Å². The van der Waals surface area contributed by atoms with Gasteiger partial charge in [-0.3, -0.25) is 9.78 Å². The first-order valence-electron chi connectivity index (χ1n) is 8.91. The van der Waals surface area contributed by atoms with Crippen molar-refractivity contribution in [2.75, 3.05) is 18.4 Å². The first-order chi connectivity index (χ1) is 13.4. The molecule has 0 aliphatic carbocycles. The molecule has 28 heavy (non-hydrogen) atoms. The van der Waals surface area contributed by atoms with Crippen molar-refractivity contribution < 1.29 is 13.2 Å². The minimum Gasteiger partial charge on any atom is -0.321 e. The Morgan fingerprint density at radius 1 is 1.07 bits per heavy atom. The van der Waals surface area contributed by atoms with E-state index in [1.54, 1.807) is 18.3 Å². The van der Waals surface area contributed by atoms with Crippen molar-refractivity contribution in [1.82, 2.24) is 9.29 Å². The average Bonchev–Trinajstić information content (AvgIpc) is 3.25. The van der Waals surface area contributed by atoms with Gasteiger partial charge >= 0.3 is 0 Å². The average molecular weight is 416 g/mol. The molecule has 0 unspecified atom stereocenters. The summed E-state index contributed by atoms with van der Waals surface area (Å²) < 4.78 is 27.0. The van der Waals surface area contributed by atoms with Gasteiger partial charge < -0.3 is 5.32 Å². The quantitative estimate of drug-likeness (QED) is 0.700. The number of rotatable bonds is 4. The monoisotopic (exact) mass is 415 g/mol. The number of halogens is 1. The Hall–Kier alpha value is -2.48. The number of sulfonamides is 1. The van der Waals surface area contributed by atoms with Crippen LogP contribution < -0.4 is 5.32 Å². The van der Waals surface area contributed by atoms with Gasteiger partial charge in [0.2, 0.25) is 10.0 Å². The molecule has 1 aromatic heterocycles. The van der Waals surface area contributed by atoms with Crippen molar-refractivity contribution >= 4 is 44.1 Å². The van der Waals surface area contributed by atoms with E-state index in [4.69, 9.17) is 11.6 Å². The van der Waals surface area contributed by atoms with E-state index in [1.165, 1.54) is 22.5 Å². The molecule has 4 rings (SSSR count). The van der Waals surface area contributed by atoms with Gasteiger partial charge in [-0.2, -0.15) is 4.31 Å². The number of anilines is 1. The zero-order valence-electron chi connectivity index (χ0n) is 14.9. The molecule has 0 radical (unpaired) electrons. The number of amides is 1. The Labute approximate surface area is 168 Å². The Balaban J connectivity index is 1.62. The molecule has 1 saturated heterocycles. The van der Waals surface area contributed by atoms with Gasteiger partial charge in [0.15, 0.2) is 0 Å². The second-order valence-electron chi connectivity index (χ2n) is 6.62. The van der Waals surface area contributed by atoms with Gasteiger partial charge in [-0.1, -0.05) is 23.7 Å². The molecule has 0 spiro atoms. The summed E-state index contributed by atoms with van der Waals surface area (Å²) in [5, 5.41) is 3.91. The van der Waals surface area contributed by atoms with Crippen LogP contribution in [0.2, 0.25) is 5.02 Å². The van der Waals surface area contributed by atoms with Crippen molar-refractivity contribution in [3.63, 3.8) is 0 Å². The first kappa shape index (κ1) is 18.9. The van der Waals surface area contributed by atoms with E-state index in [0.29, 0.717) is 24.2 Å². The molecule has 1 N–H and O–H groups in total. The van der Waals surface area contributed by atoms with E-state index in [9.17, 15) is 13.2 Å². The lowest BCUT2D eigenvalue weighted by Crippen LogP contribution is -2.28. The molecule has 0 saturated carbocycles. The van der Waals surface area contributed by atoms with Crippen LogP contribution in [0.25, 0.3) is 10.9 Å². The number of hydrogen-bond donors (Lipinski definition) is 1. The normalized spacial score (nSPS) is 15.0. The summed E-state index contributed by atoms with van der Waals surface area (Å²) in [5.41, 5.74) is 1.37. The Morgan fingerprint density at radius 2 is 1.86 bits per heavy atom. The molecular formula is C20H18ClN3O3S. The summed E-state index contributed by atoms with van der Waals surface area (Å²) in [6.07, 6.45) is 3.37. The minimum atomic E-state index is -3.59. The largest absolute Gasteiger partial charge is 0.321 e. The Morgan fingerprint density at radius 3 is 2.64 bits per heavy atom. The van der Waals surface area contributed by atoms with Gasteiger partial charge in [-0.25, -0.2) is 8.42 Å². The molecule has 3 aromatic rings. The van der Waals surface area contributed by atoms with E-state index < -0.39 is 10.0 Å². The molecule has 6 nitrogen and oxygen atoms in total. The van der Waals surface area contributed by atoms with Gasteiger partial charge in [0.25, 0.3) is 5.91 Å². The minimum absolute atomic E-state index is 0.120. The SMILES string of the molecule is O=C(Nc1cc(S(=O)(=O)N2CCCC2)ccc1Cl)c1ccc2cccnc2c1. The molecule has 144 valence electrons. The Bertz CT molecular complexity index is 1160. The number of fused-ring (bicyclic) bond motifs is 1. The predicted octanol–water partition coefficient (Wildman–Crippen LogP) is 3.93. The van der Waals surface area contributed by atoms with Crippen molar-refractivity contribution in [1.29, 1.82) is 0 Å². The fourth-order valence-corrected chi connectivity index (χ4v) is 4.95. The summed E-state index contributed by atoms with van der Waals surface area (Å²) >= 11 is 6.20. The molecule has 8 heteroatoms. The van der Waals surface area contributed by atoms with Crippen LogP contribution in [0.15, 0.2) is 59.6 Å². The highest BCUT2D eigenvalue weighted by Gasteiger charge is 2.27. The maximum atomic E-state index is 12.8. The lowest BCUT2D eigenvalue weighted by atomic mass is 10.1. The van der Waals surface area contributed by atoms with Gasteiger partial charge in [0.1, 0.15) is 0 Å². The number of carbonyl (C=O) groups excluding carboxylic acids is 1. The maximum Gasteiger partial charge on any atom is 0.255 e. The topological polar surface area (TPSA) is 79.4 Å². The Kier molecular flexibility index (Phi) is 5.05. The second-order valence-corrected chi connectivity index (χ2v) is 8.96. The lowest BCUT2D eigenvalue weighted by molar-refractivity contribution is 0.102. The molecule has 1 aliphatic rings. The second kappa shape index (κ2) is 7.50. The van der Waals surface area contributed by atoms with Gasteiger partial charge in [-0.05, 0) is 49.2 Å². The number of carbonyl (C=O) groups is 1. The summed E-state index contributed by atoms with van der Waals surface area (Å²) in [6.45, 7) is 1.02. The van der Waals surface area contributed by atoms with Crippen LogP contribution in [-0.2, 0) is 10.0 Å².